The molecule has 2 nitrogen and oxygen atoms in total. The summed E-state index contributed by atoms with van der Waals surface area (Å²) < 4.78 is 0. The molecule has 0 aromatic heterocycles. The molecule has 2 heteroatoms. The van der Waals surface area contributed by atoms with Crippen molar-refractivity contribution in [2.75, 3.05) is 39.3 Å². The molecule has 23 heavy (non-hydrogen) atoms. The van der Waals surface area contributed by atoms with E-state index in [2.05, 4.69) is 44.4 Å². The quantitative estimate of drug-likeness (QED) is 0.655. The maximum Gasteiger partial charge on any atom is 0.000946 e. The predicted molar refractivity (Wildman–Crippen MR) is 104 cm³/mol. The second-order valence-electron chi connectivity index (χ2n) is 8.67. The Balaban J connectivity index is 0.000000231. The van der Waals surface area contributed by atoms with Crippen molar-refractivity contribution < 1.29 is 0 Å². The van der Waals surface area contributed by atoms with Crippen LogP contribution in [-0.2, 0) is 0 Å². The summed E-state index contributed by atoms with van der Waals surface area (Å²) in [6, 6.07) is 0. The topological polar surface area (TPSA) is 6.48 Å². The Bertz CT molecular complexity index is 263. The van der Waals surface area contributed by atoms with Crippen molar-refractivity contribution in [2.24, 2.45) is 17.8 Å². The summed E-state index contributed by atoms with van der Waals surface area (Å²) in [6.45, 7) is 19.7. The van der Waals surface area contributed by atoms with Crippen LogP contribution in [0.3, 0.4) is 0 Å². The van der Waals surface area contributed by atoms with E-state index in [1.54, 1.807) is 0 Å². The standard InChI is InChI=1S/C11H23N.C10H21N/c1-10(2)11(3)9-12-7-5-4-6-8-12;1-10(2)6-9-11-7-4-3-5-8-11/h10-11H,4-9H2,1-3H3;10H,3-9H2,1-2H3. The Morgan fingerprint density at radius 1 is 0.652 bits per heavy atom. The van der Waals surface area contributed by atoms with Crippen LogP contribution in [0.2, 0.25) is 0 Å². The van der Waals surface area contributed by atoms with Crippen molar-refractivity contribution in [1.82, 2.24) is 9.80 Å². The number of nitrogens with zero attached hydrogens (tertiary/aromatic N) is 2. The molecule has 0 amide bonds. The van der Waals surface area contributed by atoms with E-state index in [4.69, 9.17) is 0 Å². The van der Waals surface area contributed by atoms with Gasteiger partial charge in [-0.2, -0.15) is 0 Å². The third kappa shape index (κ3) is 10.4. The number of piperidine rings is 2. The van der Waals surface area contributed by atoms with Crippen LogP contribution in [0.25, 0.3) is 0 Å². The second-order valence-corrected chi connectivity index (χ2v) is 8.67. The van der Waals surface area contributed by atoms with E-state index >= 15 is 0 Å². The molecule has 2 saturated heterocycles. The Hall–Kier alpha value is -0.0800. The Kier molecular flexibility index (Phi) is 11.2. The monoisotopic (exact) mass is 324 g/mol. The number of likely N-dealkylation sites (tertiary alicyclic amines) is 2. The Morgan fingerprint density at radius 2 is 1.13 bits per heavy atom. The van der Waals surface area contributed by atoms with Crippen LogP contribution in [0, 0.1) is 17.8 Å². The summed E-state index contributed by atoms with van der Waals surface area (Å²) >= 11 is 0. The summed E-state index contributed by atoms with van der Waals surface area (Å²) in [5.41, 5.74) is 0. The molecule has 2 heterocycles. The number of hydrogen-bond donors (Lipinski definition) is 0. The smallest absolute Gasteiger partial charge is 0.000946 e. The van der Waals surface area contributed by atoms with E-state index in [-0.39, 0.29) is 0 Å². The highest BCUT2D eigenvalue weighted by molar-refractivity contribution is 4.69. The van der Waals surface area contributed by atoms with Gasteiger partial charge in [-0.3, -0.25) is 0 Å². The highest BCUT2D eigenvalue weighted by atomic mass is 15.1. The van der Waals surface area contributed by atoms with Crippen LogP contribution in [0.5, 0.6) is 0 Å². The van der Waals surface area contributed by atoms with Gasteiger partial charge in [0, 0.05) is 6.54 Å². The molecule has 0 spiro atoms. The molecule has 138 valence electrons. The SMILES string of the molecule is CC(C)C(C)CN1CCCCC1.CC(C)CCN1CCCCC1. The molecule has 0 radical (unpaired) electrons. The van der Waals surface area contributed by atoms with E-state index in [0.717, 1.165) is 17.8 Å². The van der Waals surface area contributed by atoms with Gasteiger partial charge in [0.25, 0.3) is 0 Å². The maximum atomic E-state index is 2.63. The molecular formula is C21H44N2. The highest BCUT2D eigenvalue weighted by Crippen LogP contribution is 2.15. The average Bonchev–Trinajstić information content (AvgIpc) is 2.55. The molecule has 2 aliphatic heterocycles. The minimum Gasteiger partial charge on any atom is -0.303 e. The first-order valence-corrected chi connectivity index (χ1v) is 10.4. The van der Waals surface area contributed by atoms with Gasteiger partial charge in [0.2, 0.25) is 0 Å². The zero-order chi connectivity index (χ0) is 17.1. The molecule has 0 aliphatic carbocycles. The van der Waals surface area contributed by atoms with Crippen LogP contribution in [-0.4, -0.2) is 49.1 Å². The van der Waals surface area contributed by atoms with Gasteiger partial charge in [-0.05, 0) is 82.6 Å². The van der Waals surface area contributed by atoms with Gasteiger partial charge in [-0.1, -0.05) is 47.5 Å². The third-order valence-electron chi connectivity index (χ3n) is 5.60. The first-order chi connectivity index (χ1) is 11.0. The van der Waals surface area contributed by atoms with E-state index in [1.165, 1.54) is 84.2 Å². The first-order valence-electron chi connectivity index (χ1n) is 10.4. The molecule has 1 unspecified atom stereocenters. The minimum absolute atomic E-state index is 0.840. The zero-order valence-electron chi connectivity index (χ0n) is 16.8. The normalized spacial score (nSPS) is 22.0. The minimum atomic E-state index is 0.840. The van der Waals surface area contributed by atoms with Crippen molar-refractivity contribution in [1.29, 1.82) is 0 Å². The van der Waals surface area contributed by atoms with Crippen LogP contribution in [0.1, 0.15) is 79.6 Å². The third-order valence-corrected chi connectivity index (χ3v) is 5.60. The molecule has 0 N–H and O–H groups in total. The Labute approximate surface area is 147 Å². The molecular weight excluding hydrogens is 280 g/mol. The van der Waals surface area contributed by atoms with Crippen molar-refractivity contribution in [3.8, 4) is 0 Å². The van der Waals surface area contributed by atoms with Gasteiger partial charge in [-0.25, -0.2) is 0 Å². The molecule has 0 bridgehead atoms. The second kappa shape index (κ2) is 12.3. The zero-order valence-corrected chi connectivity index (χ0v) is 16.8. The van der Waals surface area contributed by atoms with E-state index in [9.17, 15) is 0 Å². The van der Waals surface area contributed by atoms with Crippen LogP contribution < -0.4 is 0 Å². The average molecular weight is 325 g/mol. The van der Waals surface area contributed by atoms with Crippen LogP contribution >= 0.6 is 0 Å². The highest BCUT2D eigenvalue weighted by Gasteiger charge is 2.15. The molecule has 2 fully saturated rings. The van der Waals surface area contributed by atoms with Crippen LogP contribution in [0.4, 0.5) is 0 Å². The fraction of sp³-hybridized carbons (Fsp3) is 1.00. The van der Waals surface area contributed by atoms with Gasteiger partial charge in [0.15, 0.2) is 0 Å². The van der Waals surface area contributed by atoms with Crippen molar-refractivity contribution in [2.45, 2.75) is 79.6 Å². The van der Waals surface area contributed by atoms with Crippen molar-refractivity contribution in [3.63, 3.8) is 0 Å². The Morgan fingerprint density at radius 3 is 1.57 bits per heavy atom. The van der Waals surface area contributed by atoms with E-state index < -0.39 is 0 Å². The predicted octanol–water partition coefficient (Wildman–Crippen LogP) is 5.28. The first kappa shape index (κ1) is 21.0. The maximum absolute atomic E-state index is 2.63. The summed E-state index contributed by atoms with van der Waals surface area (Å²) in [5.74, 6) is 2.58. The summed E-state index contributed by atoms with van der Waals surface area (Å²) in [7, 11) is 0. The lowest BCUT2D eigenvalue weighted by molar-refractivity contribution is 0.181. The van der Waals surface area contributed by atoms with E-state index in [0.29, 0.717) is 0 Å². The van der Waals surface area contributed by atoms with E-state index in [1.807, 2.05) is 0 Å². The summed E-state index contributed by atoms with van der Waals surface area (Å²) in [6.07, 6.45) is 9.98. The lowest BCUT2D eigenvalue weighted by atomic mass is 9.96. The van der Waals surface area contributed by atoms with Crippen molar-refractivity contribution in [3.05, 3.63) is 0 Å². The molecule has 1 atom stereocenters. The lowest BCUT2D eigenvalue weighted by Crippen LogP contribution is -2.34. The fourth-order valence-electron chi connectivity index (χ4n) is 3.38. The molecule has 0 aromatic carbocycles. The summed E-state index contributed by atoms with van der Waals surface area (Å²) in [5, 5.41) is 0. The van der Waals surface area contributed by atoms with Crippen LogP contribution in [0.15, 0.2) is 0 Å². The lowest BCUT2D eigenvalue weighted by Gasteiger charge is -2.30. The molecule has 0 aromatic rings. The molecule has 2 aliphatic rings. The van der Waals surface area contributed by atoms with Gasteiger partial charge in [0.05, 0.1) is 0 Å². The van der Waals surface area contributed by atoms with Gasteiger partial charge >= 0.3 is 0 Å². The molecule has 2 rings (SSSR count). The fourth-order valence-corrected chi connectivity index (χ4v) is 3.38. The van der Waals surface area contributed by atoms with Crippen molar-refractivity contribution >= 4 is 0 Å². The number of hydrogen-bond acceptors (Lipinski definition) is 2. The van der Waals surface area contributed by atoms with Gasteiger partial charge in [-0.15, -0.1) is 0 Å². The van der Waals surface area contributed by atoms with Gasteiger partial charge in [0.1, 0.15) is 0 Å². The largest absolute Gasteiger partial charge is 0.303 e. The summed E-state index contributed by atoms with van der Waals surface area (Å²) in [4.78, 5) is 5.25. The molecule has 0 saturated carbocycles. The number of rotatable bonds is 6. The van der Waals surface area contributed by atoms with Gasteiger partial charge < -0.3 is 9.80 Å².